The van der Waals surface area contributed by atoms with Crippen LogP contribution in [-0.2, 0) is 16.0 Å². The number of ether oxygens (including phenoxy) is 1. The number of rotatable bonds is 6. The number of esters is 1. The van der Waals surface area contributed by atoms with Crippen LogP contribution in [-0.4, -0.2) is 24.0 Å². The first-order valence-corrected chi connectivity index (χ1v) is 7.47. The fourth-order valence-corrected chi connectivity index (χ4v) is 2.30. The Bertz CT molecular complexity index is 599. The summed E-state index contributed by atoms with van der Waals surface area (Å²) in [5.41, 5.74) is 0.672. The highest BCUT2D eigenvalue weighted by Gasteiger charge is 2.43. The van der Waals surface area contributed by atoms with Crippen LogP contribution in [0.1, 0.15) is 42.6 Å². The summed E-state index contributed by atoms with van der Waals surface area (Å²) < 4.78 is 4.99. The van der Waals surface area contributed by atoms with E-state index < -0.39 is 17.4 Å². The van der Waals surface area contributed by atoms with Crippen LogP contribution in [0.2, 0.25) is 0 Å². The number of carbonyl (C=O) groups excluding carboxylic acids is 2. The molecule has 1 aliphatic carbocycles. The van der Waals surface area contributed by atoms with Gasteiger partial charge < -0.3 is 10.1 Å². The molecule has 5 nitrogen and oxygen atoms in total. The summed E-state index contributed by atoms with van der Waals surface area (Å²) >= 11 is 0. The van der Waals surface area contributed by atoms with E-state index in [1.54, 1.807) is 19.1 Å². The van der Waals surface area contributed by atoms with Crippen molar-refractivity contribution >= 4 is 11.9 Å². The lowest BCUT2D eigenvalue weighted by atomic mass is 9.98. The zero-order chi connectivity index (χ0) is 16.2. The molecular formula is C17H20N2O3. The van der Waals surface area contributed by atoms with Crippen LogP contribution < -0.4 is 5.32 Å². The Morgan fingerprint density at radius 2 is 2.00 bits per heavy atom. The molecule has 22 heavy (non-hydrogen) atoms. The molecule has 1 N–H and O–H groups in total. The van der Waals surface area contributed by atoms with Crippen molar-refractivity contribution in [2.45, 2.75) is 38.6 Å². The second-order valence-corrected chi connectivity index (χ2v) is 5.76. The molecule has 5 heteroatoms. The van der Waals surface area contributed by atoms with Gasteiger partial charge in [0, 0.05) is 0 Å². The molecule has 0 aliphatic heterocycles. The first kappa shape index (κ1) is 16.0. The fourth-order valence-electron chi connectivity index (χ4n) is 2.30. The molecule has 1 amide bonds. The molecule has 0 bridgehead atoms. The lowest BCUT2D eigenvalue weighted by Gasteiger charge is -2.22. The van der Waals surface area contributed by atoms with Gasteiger partial charge in [-0.3, -0.25) is 4.79 Å². The Labute approximate surface area is 130 Å². The minimum absolute atomic E-state index is 0.193. The van der Waals surface area contributed by atoms with Gasteiger partial charge in [0.15, 0.2) is 6.61 Å². The van der Waals surface area contributed by atoms with Gasteiger partial charge in [-0.2, -0.15) is 5.26 Å². The van der Waals surface area contributed by atoms with Crippen molar-refractivity contribution in [1.82, 2.24) is 5.32 Å². The van der Waals surface area contributed by atoms with Crippen LogP contribution >= 0.6 is 0 Å². The largest absolute Gasteiger partial charge is 0.452 e. The van der Waals surface area contributed by atoms with Crippen molar-refractivity contribution < 1.29 is 14.3 Å². The van der Waals surface area contributed by atoms with Crippen molar-refractivity contribution in [2.24, 2.45) is 5.92 Å². The number of hydrogen-bond acceptors (Lipinski definition) is 4. The Balaban J connectivity index is 1.85. The summed E-state index contributed by atoms with van der Waals surface area (Å²) in [5, 5.41) is 11.8. The summed E-state index contributed by atoms with van der Waals surface area (Å²) in [6.07, 6.45) is 2.77. The molecule has 0 unspecified atom stereocenters. The molecule has 0 saturated heterocycles. The van der Waals surface area contributed by atoms with E-state index in [4.69, 9.17) is 4.74 Å². The number of benzene rings is 1. The number of aryl methyl sites for hydroxylation is 1. The highest BCUT2D eigenvalue weighted by Crippen LogP contribution is 2.39. The number of nitriles is 1. The quantitative estimate of drug-likeness (QED) is 0.817. The average molecular weight is 300 g/mol. The van der Waals surface area contributed by atoms with Gasteiger partial charge in [0.25, 0.3) is 5.91 Å². The van der Waals surface area contributed by atoms with E-state index >= 15 is 0 Å². The SMILES string of the molecule is CCc1ccc(C(=O)OCC(=O)N[C@](C)(C#N)C2CC2)cc1. The number of carbonyl (C=O) groups is 2. The van der Waals surface area contributed by atoms with Crippen molar-refractivity contribution in [2.75, 3.05) is 6.61 Å². The Hall–Kier alpha value is -2.35. The molecule has 1 aromatic rings. The van der Waals surface area contributed by atoms with Gasteiger partial charge in [-0.1, -0.05) is 19.1 Å². The molecule has 1 fully saturated rings. The third-order valence-corrected chi connectivity index (χ3v) is 3.96. The third kappa shape index (κ3) is 3.85. The fraction of sp³-hybridized carbons (Fsp3) is 0.471. The van der Waals surface area contributed by atoms with E-state index in [1.807, 2.05) is 19.1 Å². The molecule has 116 valence electrons. The van der Waals surface area contributed by atoms with E-state index in [1.165, 1.54) is 0 Å². The Morgan fingerprint density at radius 3 is 2.50 bits per heavy atom. The predicted octanol–water partition coefficient (Wildman–Crippen LogP) is 2.21. The van der Waals surface area contributed by atoms with E-state index in [9.17, 15) is 14.9 Å². The van der Waals surface area contributed by atoms with Crippen LogP contribution in [0, 0.1) is 17.2 Å². The molecule has 1 aromatic carbocycles. The van der Waals surface area contributed by atoms with E-state index in [0.717, 1.165) is 24.8 Å². The van der Waals surface area contributed by atoms with E-state index in [2.05, 4.69) is 11.4 Å². The summed E-state index contributed by atoms with van der Waals surface area (Å²) in [6, 6.07) is 9.21. The number of hydrogen-bond donors (Lipinski definition) is 1. The molecule has 1 saturated carbocycles. The molecular weight excluding hydrogens is 280 g/mol. The van der Waals surface area contributed by atoms with Crippen LogP contribution in [0.25, 0.3) is 0 Å². The van der Waals surface area contributed by atoms with Crippen molar-refractivity contribution in [3.8, 4) is 6.07 Å². The molecule has 0 spiro atoms. The van der Waals surface area contributed by atoms with Crippen LogP contribution in [0.4, 0.5) is 0 Å². The van der Waals surface area contributed by atoms with Crippen molar-refractivity contribution in [3.63, 3.8) is 0 Å². The predicted molar refractivity (Wildman–Crippen MR) is 81.0 cm³/mol. The summed E-state index contributed by atoms with van der Waals surface area (Å²) in [5.74, 6) is -0.795. The zero-order valence-electron chi connectivity index (χ0n) is 12.9. The van der Waals surface area contributed by atoms with Gasteiger partial charge in [-0.25, -0.2) is 4.79 Å². The first-order chi connectivity index (χ1) is 10.5. The lowest BCUT2D eigenvalue weighted by molar-refractivity contribution is -0.125. The summed E-state index contributed by atoms with van der Waals surface area (Å²) in [6.45, 7) is 3.36. The zero-order valence-corrected chi connectivity index (χ0v) is 12.9. The second kappa shape index (κ2) is 6.61. The maximum atomic E-state index is 11.9. The number of nitrogens with one attached hydrogen (secondary N) is 1. The van der Waals surface area contributed by atoms with Crippen molar-refractivity contribution in [1.29, 1.82) is 5.26 Å². The molecule has 0 heterocycles. The average Bonchev–Trinajstić information content (AvgIpc) is 3.38. The molecule has 0 radical (unpaired) electrons. The topological polar surface area (TPSA) is 79.2 Å². The van der Waals surface area contributed by atoms with Crippen molar-refractivity contribution in [3.05, 3.63) is 35.4 Å². The molecule has 1 atom stereocenters. The monoisotopic (exact) mass is 300 g/mol. The highest BCUT2D eigenvalue weighted by molar-refractivity contribution is 5.91. The van der Waals surface area contributed by atoms with E-state index in [0.29, 0.717) is 5.56 Å². The van der Waals surface area contributed by atoms with Crippen LogP contribution in [0.3, 0.4) is 0 Å². The second-order valence-electron chi connectivity index (χ2n) is 5.76. The minimum atomic E-state index is -0.869. The normalized spacial score (nSPS) is 16.2. The maximum absolute atomic E-state index is 11.9. The van der Waals surface area contributed by atoms with Crippen LogP contribution in [0.15, 0.2) is 24.3 Å². The van der Waals surface area contributed by atoms with Gasteiger partial charge >= 0.3 is 5.97 Å². The highest BCUT2D eigenvalue weighted by atomic mass is 16.5. The maximum Gasteiger partial charge on any atom is 0.338 e. The van der Waals surface area contributed by atoms with Crippen LogP contribution in [0.5, 0.6) is 0 Å². The lowest BCUT2D eigenvalue weighted by Crippen LogP contribution is -2.48. The summed E-state index contributed by atoms with van der Waals surface area (Å²) in [4.78, 5) is 23.7. The smallest absolute Gasteiger partial charge is 0.338 e. The molecule has 0 aromatic heterocycles. The van der Waals surface area contributed by atoms with Gasteiger partial charge in [0.1, 0.15) is 5.54 Å². The third-order valence-electron chi connectivity index (χ3n) is 3.96. The summed E-state index contributed by atoms with van der Waals surface area (Å²) in [7, 11) is 0. The number of amides is 1. The van der Waals surface area contributed by atoms with Gasteiger partial charge in [-0.15, -0.1) is 0 Å². The minimum Gasteiger partial charge on any atom is -0.452 e. The molecule has 2 rings (SSSR count). The standard InChI is InChI=1S/C17H20N2O3/c1-3-12-4-6-13(7-5-12)16(21)22-10-15(20)19-17(2,11-18)14-8-9-14/h4-7,14H,3,8-10H2,1-2H3,(H,19,20)/t17-/m1/s1. The van der Waals surface area contributed by atoms with Gasteiger partial charge in [0.2, 0.25) is 0 Å². The first-order valence-electron chi connectivity index (χ1n) is 7.47. The molecule has 1 aliphatic rings. The van der Waals surface area contributed by atoms with E-state index in [-0.39, 0.29) is 12.5 Å². The van der Waals surface area contributed by atoms with Gasteiger partial charge in [0.05, 0.1) is 11.6 Å². The van der Waals surface area contributed by atoms with Gasteiger partial charge in [-0.05, 0) is 49.8 Å². The number of nitrogens with zero attached hydrogens (tertiary/aromatic N) is 1. The Kier molecular flexibility index (Phi) is 4.81. The Morgan fingerprint density at radius 1 is 1.36 bits per heavy atom.